The van der Waals surface area contributed by atoms with E-state index in [-0.39, 0.29) is 42.0 Å². The summed E-state index contributed by atoms with van der Waals surface area (Å²) in [6.07, 6.45) is 5.35. The fraction of sp³-hybridized carbons (Fsp3) is 0.800. The summed E-state index contributed by atoms with van der Waals surface area (Å²) < 4.78 is 11.9. The number of rotatable bonds is 4. The van der Waals surface area contributed by atoms with E-state index in [0.717, 1.165) is 5.57 Å². The molecule has 1 saturated heterocycles. The van der Waals surface area contributed by atoms with Crippen molar-refractivity contribution in [2.75, 3.05) is 7.11 Å². The molecule has 5 aliphatic rings. The Morgan fingerprint density at radius 1 is 1.25 bits per heavy atom. The van der Waals surface area contributed by atoms with Gasteiger partial charge in [-0.2, -0.15) is 0 Å². The van der Waals surface area contributed by atoms with Gasteiger partial charge in [-0.1, -0.05) is 32.4 Å². The Bertz CT molecular complexity index is 941. The van der Waals surface area contributed by atoms with Crippen LogP contribution in [0.15, 0.2) is 11.6 Å². The van der Waals surface area contributed by atoms with Gasteiger partial charge in [0.15, 0.2) is 0 Å². The molecule has 1 heterocycles. The number of fused-ring (bicyclic) bond motifs is 3. The van der Waals surface area contributed by atoms with Crippen molar-refractivity contribution in [1.82, 2.24) is 0 Å². The third-order valence-electron chi connectivity index (χ3n) is 10.6. The van der Waals surface area contributed by atoms with Crippen molar-refractivity contribution in [3.8, 4) is 0 Å². The van der Waals surface area contributed by atoms with Crippen LogP contribution in [0.4, 0.5) is 0 Å². The molecular formula is C25H34O7. The van der Waals surface area contributed by atoms with Gasteiger partial charge in [0.25, 0.3) is 0 Å². The van der Waals surface area contributed by atoms with Gasteiger partial charge in [-0.3, -0.25) is 14.4 Å². The monoisotopic (exact) mass is 446 g/mol. The second-order valence-electron chi connectivity index (χ2n) is 11.5. The van der Waals surface area contributed by atoms with Gasteiger partial charge in [-0.05, 0) is 38.0 Å². The zero-order valence-corrected chi connectivity index (χ0v) is 19.4. The van der Waals surface area contributed by atoms with Crippen molar-refractivity contribution in [3.05, 3.63) is 11.6 Å². The van der Waals surface area contributed by atoms with Gasteiger partial charge in [0.05, 0.1) is 24.7 Å². The van der Waals surface area contributed by atoms with Gasteiger partial charge in [-0.15, -0.1) is 0 Å². The second-order valence-corrected chi connectivity index (χ2v) is 11.5. The van der Waals surface area contributed by atoms with Crippen LogP contribution in [0.25, 0.3) is 0 Å². The molecule has 1 aliphatic heterocycles. The first kappa shape index (κ1) is 22.1. The van der Waals surface area contributed by atoms with E-state index in [1.807, 2.05) is 6.08 Å². The number of carboxylic acid groups (broad SMARTS) is 1. The summed E-state index contributed by atoms with van der Waals surface area (Å²) >= 11 is 0. The van der Waals surface area contributed by atoms with Crippen LogP contribution in [0.1, 0.15) is 72.1 Å². The summed E-state index contributed by atoms with van der Waals surface area (Å²) in [4.78, 5) is 36.8. The SMILES string of the molecule is COC(=O)[C@@H]1C=C2CC(=O)CC[C@]2(C)[C@@]23O[C@@H]2C[C@@]2(C)[C@@H](CC[C@@]2(O)CCC(=O)O)[C@]13C. The first-order valence-corrected chi connectivity index (χ1v) is 11.8. The van der Waals surface area contributed by atoms with Crippen molar-refractivity contribution in [2.45, 2.75) is 89.4 Å². The van der Waals surface area contributed by atoms with Crippen molar-refractivity contribution >= 4 is 17.7 Å². The highest BCUT2D eigenvalue weighted by Gasteiger charge is 2.86. The highest BCUT2D eigenvalue weighted by atomic mass is 16.6. The third kappa shape index (κ3) is 2.32. The third-order valence-corrected chi connectivity index (χ3v) is 10.6. The Morgan fingerprint density at radius 3 is 2.62 bits per heavy atom. The van der Waals surface area contributed by atoms with E-state index in [4.69, 9.17) is 9.47 Å². The molecule has 7 heteroatoms. The van der Waals surface area contributed by atoms with E-state index in [0.29, 0.717) is 38.5 Å². The number of methoxy groups -OCH3 is 1. The average Bonchev–Trinajstić information content (AvgIpc) is 3.40. The molecule has 0 bridgehead atoms. The molecular weight excluding hydrogens is 412 g/mol. The van der Waals surface area contributed by atoms with Crippen molar-refractivity contribution in [1.29, 1.82) is 0 Å². The van der Waals surface area contributed by atoms with E-state index in [1.54, 1.807) is 0 Å². The summed E-state index contributed by atoms with van der Waals surface area (Å²) in [5.41, 5.74) is -2.23. The second kappa shape index (κ2) is 6.44. The van der Waals surface area contributed by atoms with Crippen LogP contribution in [0.3, 0.4) is 0 Å². The molecule has 3 saturated carbocycles. The zero-order valence-electron chi connectivity index (χ0n) is 19.4. The number of carbonyl (C=O) groups is 3. The van der Waals surface area contributed by atoms with E-state index >= 15 is 0 Å². The Kier molecular flexibility index (Phi) is 4.44. The van der Waals surface area contributed by atoms with Crippen LogP contribution in [-0.4, -0.2) is 52.4 Å². The molecule has 5 rings (SSSR count). The predicted molar refractivity (Wildman–Crippen MR) is 114 cm³/mol. The van der Waals surface area contributed by atoms with Crippen LogP contribution in [0, 0.1) is 28.1 Å². The molecule has 0 aromatic carbocycles. The van der Waals surface area contributed by atoms with Gasteiger partial charge in [-0.25, -0.2) is 0 Å². The van der Waals surface area contributed by atoms with E-state index < -0.39 is 33.9 Å². The van der Waals surface area contributed by atoms with Gasteiger partial charge in [0.2, 0.25) is 0 Å². The van der Waals surface area contributed by atoms with Gasteiger partial charge in [0, 0.05) is 35.5 Å². The van der Waals surface area contributed by atoms with E-state index in [2.05, 4.69) is 20.8 Å². The number of aliphatic carboxylic acids is 1. The molecule has 2 N–H and O–H groups in total. The molecule has 4 fully saturated rings. The largest absolute Gasteiger partial charge is 0.481 e. The number of hydrogen-bond acceptors (Lipinski definition) is 6. The maximum absolute atomic E-state index is 13.2. The normalized spacial score (nSPS) is 51.0. The number of hydrogen-bond donors (Lipinski definition) is 2. The smallest absolute Gasteiger partial charge is 0.313 e. The van der Waals surface area contributed by atoms with Gasteiger partial charge in [0.1, 0.15) is 11.4 Å². The lowest BCUT2D eigenvalue weighted by Gasteiger charge is -2.63. The quantitative estimate of drug-likeness (QED) is 0.388. The van der Waals surface area contributed by atoms with Crippen LogP contribution in [-0.2, 0) is 23.9 Å². The van der Waals surface area contributed by atoms with Gasteiger partial charge < -0.3 is 19.7 Å². The fourth-order valence-electron chi connectivity index (χ4n) is 8.88. The maximum atomic E-state index is 13.2. The topological polar surface area (TPSA) is 113 Å². The van der Waals surface area contributed by atoms with Crippen LogP contribution >= 0.6 is 0 Å². The number of epoxide rings is 1. The molecule has 0 aromatic heterocycles. The fourth-order valence-corrected chi connectivity index (χ4v) is 8.88. The molecule has 0 amide bonds. The van der Waals surface area contributed by atoms with Crippen molar-refractivity contribution < 1.29 is 34.1 Å². The zero-order chi connectivity index (χ0) is 23.3. The summed E-state index contributed by atoms with van der Waals surface area (Å²) in [7, 11) is 1.39. The van der Waals surface area contributed by atoms with Crippen molar-refractivity contribution in [3.63, 3.8) is 0 Å². The highest BCUT2D eigenvalue weighted by Crippen LogP contribution is 2.81. The number of ketones is 1. The molecule has 0 radical (unpaired) electrons. The van der Waals surface area contributed by atoms with Crippen LogP contribution in [0.5, 0.6) is 0 Å². The van der Waals surface area contributed by atoms with Crippen molar-refractivity contribution in [2.24, 2.45) is 28.1 Å². The molecule has 1 spiro atoms. The Morgan fingerprint density at radius 2 is 1.97 bits per heavy atom. The van der Waals surface area contributed by atoms with Gasteiger partial charge >= 0.3 is 11.9 Å². The maximum Gasteiger partial charge on any atom is 0.313 e. The minimum Gasteiger partial charge on any atom is -0.481 e. The number of esters is 1. The molecule has 176 valence electrons. The average molecular weight is 447 g/mol. The molecule has 4 aliphatic carbocycles. The van der Waals surface area contributed by atoms with E-state index in [1.165, 1.54) is 7.11 Å². The first-order chi connectivity index (χ1) is 14.9. The first-order valence-electron chi connectivity index (χ1n) is 11.8. The Balaban J connectivity index is 1.66. The number of carboxylic acids is 1. The minimum atomic E-state index is -1.12. The van der Waals surface area contributed by atoms with E-state index in [9.17, 15) is 24.6 Å². The predicted octanol–water partition coefficient (Wildman–Crippen LogP) is 3.03. The lowest BCUT2D eigenvalue weighted by atomic mass is 9.38. The molecule has 7 nitrogen and oxygen atoms in total. The lowest BCUT2D eigenvalue weighted by molar-refractivity contribution is -0.178. The number of carbonyl (C=O) groups excluding carboxylic acids is 2. The van der Waals surface area contributed by atoms with Crippen LogP contribution < -0.4 is 0 Å². The summed E-state index contributed by atoms with van der Waals surface area (Å²) in [5.74, 6) is -1.67. The summed E-state index contributed by atoms with van der Waals surface area (Å²) in [6, 6.07) is 0. The number of Topliss-reactive ketones (excluding diaryl/α,β-unsaturated/α-hetero) is 1. The Labute approximate surface area is 188 Å². The number of ether oxygens (including phenoxy) is 2. The molecule has 0 unspecified atom stereocenters. The Hall–Kier alpha value is -1.73. The molecule has 8 atom stereocenters. The lowest BCUT2D eigenvalue weighted by Crippen LogP contribution is -2.68. The minimum absolute atomic E-state index is 0.0381. The molecule has 32 heavy (non-hydrogen) atoms. The number of aliphatic hydroxyl groups is 1. The standard InChI is InChI=1S/C25H34O7/c1-21-8-5-15(26)11-14(21)12-16(20(29)31-4)23(3)17-6-9-24(30,10-7-19(27)28)22(17,2)13-18-25(21,23)32-18/h12,16-18,30H,5-11,13H2,1-4H3,(H,27,28)/t16-,17+,18+,21-,22-,23-,24+,25-/m0/s1. The van der Waals surface area contributed by atoms with Crippen LogP contribution in [0.2, 0.25) is 0 Å². The molecule has 0 aromatic rings. The highest BCUT2D eigenvalue weighted by molar-refractivity contribution is 5.85. The summed E-state index contributed by atoms with van der Waals surface area (Å²) in [6.45, 7) is 6.36. The summed E-state index contributed by atoms with van der Waals surface area (Å²) in [5, 5.41) is 21.0.